The monoisotopic (exact) mass is 635 g/mol. The number of anilines is 3. The lowest BCUT2D eigenvalue weighted by molar-refractivity contribution is 0.0330. The van der Waals surface area contributed by atoms with E-state index in [-0.39, 0.29) is 5.41 Å². The van der Waals surface area contributed by atoms with Crippen LogP contribution in [0.2, 0.25) is 0 Å². The number of hydrogen-bond donors (Lipinski definition) is 0. The van der Waals surface area contributed by atoms with Crippen molar-refractivity contribution in [3.63, 3.8) is 0 Å². The molecule has 2 bridgehead atoms. The van der Waals surface area contributed by atoms with Crippen LogP contribution in [0.3, 0.4) is 0 Å². The molecule has 1 nitrogen and oxygen atoms in total. The number of rotatable bonds is 6. The second-order valence-electron chi connectivity index (χ2n) is 15.0. The second kappa shape index (κ2) is 12.2. The van der Waals surface area contributed by atoms with Crippen LogP contribution in [-0.4, -0.2) is 0 Å². The first kappa shape index (κ1) is 30.2. The number of nitrogens with zero attached hydrogens (tertiary/aromatic N) is 1. The SMILES string of the molecule is CCC1CC2CC(C)CC(C2)C12c1ccccc1-c1c(N(c3ccccc3)c3ccc(-c4ccccc4)cc3-c3ccccc3)cccc12. The van der Waals surface area contributed by atoms with Gasteiger partial charge in [-0.25, -0.2) is 0 Å². The van der Waals surface area contributed by atoms with Gasteiger partial charge in [0.15, 0.2) is 0 Å². The van der Waals surface area contributed by atoms with Gasteiger partial charge in [0, 0.05) is 22.2 Å². The molecular weight excluding hydrogens is 591 g/mol. The van der Waals surface area contributed by atoms with E-state index in [9.17, 15) is 0 Å². The van der Waals surface area contributed by atoms with E-state index in [1.807, 2.05) is 0 Å². The second-order valence-corrected chi connectivity index (χ2v) is 15.0. The predicted molar refractivity (Wildman–Crippen MR) is 207 cm³/mol. The molecule has 3 aliphatic carbocycles. The summed E-state index contributed by atoms with van der Waals surface area (Å²) in [5.74, 6) is 2.97. The van der Waals surface area contributed by atoms with Crippen LogP contribution < -0.4 is 4.90 Å². The van der Waals surface area contributed by atoms with Crippen molar-refractivity contribution in [2.75, 3.05) is 4.90 Å². The van der Waals surface area contributed by atoms with Gasteiger partial charge in [-0.3, -0.25) is 0 Å². The van der Waals surface area contributed by atoms with Crippen LogP contribution in [0.1, 0.15) is 57.1 Å². The first-order chi connectivity index (χ1) is 24.2. The summed E-state index contributed by atoms with van der Waals surface area (Å²) in [7, 11) is 0. The van der Waals surface area contributed by atoms with Crippen molar-refractivity contribution >= 4 is 17.1 Å². The maximum absolute atomic E-state index is 2.56. The molecule has 1 heteroatoms. The Balaban J connectivity index is 1.32. The van der Waals surface area contributed by atoms with Crippen molar-refractivity contribution < 1.29 is 0 Å². The molecule has 0 aliphatic heterocycles. The van der Waals surface area contributed by atoms with Crippen LogP contribution in [0.15, 0.2) is 152 Å². The molecule has 6 aromatic carbocycles. The lowest BCUT2D eigenvalue weighted by atomic mass is 9.48. The molecule has 49 heavy (non-hydrogen) atoms. The molecule has 0 radical (unpaired) electrons. The Hall–Kier alpha value is -4.88. The topological polar surface area (TPSA) is 3.24 Å². The van der Waals surface area contributed by atoms with Crippen LogP contribution in [0.4, 0.5) is 17.1 Å². The average molecular weight is 636 g/mol. The molecule has 2 saturated carbocycles. The zero-order valence-electron chi connectivity index (χ0n) is 28.7. The molecular formula is C48H45N. The van der Waals surface area contributed by atoms with Gasteiger partial charge in [0.25, 0.3) is 0 Å². The quantitative estimate of drug-likeness (QED) is 0.176. The van der Waals surface area contributed by atoms with Gasteiger partial charge in [-0.1, -0.05) is 142 Å². The lowest BCUT2D eigenvalue weighted by Crippen LogP contribution is -2.50. The van der Waals surface area contributed by atoms with Crippen LogP contribution in [0.25, 0.3) is 33.4 Å². The van der Waals surface area contributed by atoms with E-state index in [1.165, 1.54) is 82.5 Å². The Morgan fingerprint density at radius 3 is 1.98 bits per heavy atom. The molecule has 0 heterocycles. The first-order valence-electron chi connectivity index (χ1n) is 18.5. The Bertz CT molecular complexity index is 2100. The summed E-state index contributed by atoms with van der Waals surface area (Å²) in [5.41, 5.74) is 14.7. The Kier molecular flexibility index (Phi) is 7.53. The zero-order chi connectivity index (χ0) is 33.0. The van der Waals surface area contributed by atoms with Crippen molar-refractivity contribution in [1.29, 1.82) is 0 Å². The molecule has 0 amide bonds. The summed E-state index contributed by atoms with van der Waals surface area (Å²) in [6.45, 7) is 4.97. The predicted octanol–water partition coefficient (Wildman–Crippen LogP) is 13.2. The van der Waals surface area contributed by atoms with E-state index < -0.39 is 0 Å². The van der Waals surface area contributed by atoms with Gasteiger partial charge in [-0.15, -0.1) is 0 Å². The van der Waals surface area contributed by atoms with Crippen molar-refractivity contribution in [1.82, 2.24) is 0 Å². The summed E-state index contributed by atoms with van der Waals surface area (Å²) in [5, 5.41) is 0. The lowest BCUT2D eigenvalue weighted by Gasteiger charge is -2.55. The number of fused-ring (bicyclic) bond motifs is 8. The van der Waals surface area contributed by atoms with Crippen molar-refractivity contribution in [2.24, 2.45) is 23.7 Å². The molecule has 2 fully saturated rings. The number of para-hydroxylation sites is 1. The van der Waals surface area contributed by atoms with Crippen LogP contribution in [0.5, 0.6) is 0 Å². The molecule has 1 spiro atoms. The van der Waals surface area contributed by atoms with E-state index in [1.54, 1.807) is 11.1 Å². The molecule has 242 valence electrons. The van der Waals surface area contributed by atoms with Gasteiger partial charge in [0.2, 0.25) is 0 Å². The van der Waals surface area contributed by atoms with Crippen molar-refractivity contribution in [3.05, 3.63) is 163 Å². The minimum Gasteiger partial charge on any atom is -0.309 e. The molecule has 5 unspecified atom stereocenters. The Morgan fingerprint density at radius 2 is 1.22 bits per heavy atom. The van der Waals surface area contributed by atoms with Gasteiger partial charge >= 0.3 is 0 Å². The highest BCUT2D eigenvalue weighted by atomic mass is 15.1. The molecule has 0 saturated heterocycles. The van der Waals surface area contributed by atoms with Gasteiger partial charge in [-0.05, 0) is 113 Å². The van der Waals surface area contributed by atoms with E-state index in [4.69, 9.17) is 0 Å². The third-order valence-electron chi connectivity index (χ3n) is 12.3. The van der Waals surface area contributed by atoms with Crippen LogP contribution >= 0.6 is 0 Å². The van der Waals surface area contributed by atoms with Crippen LogP contribution in [0, 0.1) is 23.7 Å². The Morgan fingerprint density at radius 1 is 0.551 bits per heavy atom. The fourth-order valence-corrected chi connectivity index (χ4v) is 10.5. The Labute approximate surface area is 292 Å². The number of benzene rings is 6. The molecule has 0 aromatic heterocycles. The average Bonchev–Trinajstić information content (AvgIpc) is 3.46. The van der Waals surface area contributed by atoms with E-state index in [2.05, 4.69) is 170 Å². The maximum atomic E-state index is 2.56. The highest BCUT2D eigenvalue weighted by Crippen LogP contribution is 2.66. The van der Waals surface area contributed by atoms with E-state index in [0.29, 0.717) is 11.8 Å². The molecule has 3 aliphatic rings. The third-order valence-corrected chi connectivity index (χ3v) is 12.3. The summed E-state index contributed by atoms with van der Waals surface area (Å²) in [6, 6.07) is 56.6. The number of hydrogen-bond acceptors (Lipinski definition) is 1. The molecule has 5 atom stereocenters. The van der Waals surface area contributed by atoms with Gasteiger partial charge in [0.1, 0.15) is 0 Å². The highest BCUT2D eigenvalue weighted by Gasteiger charge is 2.57. The molecule has 9 rings (SSSR count). The fraction of sp³-hybridized carbons (Fsp3) is 0.250. The minimum atomic E-state index is 0.0592. The highest BCUT2D eigenvalue weighted by molar-refractivity contribution is 5.98. The smallest absolute Gasteiger partial charge is 0.0543 e. The van der Waals surface area contributed by atoms with Gasteiger partial charge in [-0.2, -0.15) is 0 Å². The van der Waals surface area contributed by atoms with Gasteiger partial charge in [0.05, 0.1) is 11.4 Å². The minimum absolute atomic E-state index is 0.0592. The summed E-state index contributed by atoms with van der Waals surface area (Å²) in [4.78, 5) is 2.56. The third kappa shape index (κ3) is 4.81. The van der Waals surface area contributed by atoms with Crippen LogP contribution in [-0.2, 0) is 5.41 Å². The zero-order valence-corrected chi connectivity index (χ0v) is 28.7. The standard InChI is InChI=1S/C48H45N/c1-3-38-30-34-28-33(2)29-39(31-34)48(38)43-23-14-13-22-41(43)47-44(48)24-15-25-46(47)49(40-20-11-6-12-21-40)45-27-26-37(35-16-7-4-8-17-35)32-42(45)36-18-9-5-10-19-36/h4-27,32-34,38-39H,3,28-31H2,1-2H3. The molecule has 6 aromatic rings. The maximum Gasteiger partial charge on any atom is 0.0543 e. The molecule has 0 N–H and O–H groups in total. The van der Waals surface area contributed by atoms with Gasteiger partial charge < -0.3 is 4.90 Å². The van der Waals surface area contributed by atoms with E-state index in [0.717, 1.165) is 11.8 Å². The van der Waals surface area contributed by atoms with Crippen molar-refractivity contribution in [3.8, 4) is 33.4 Å². The fourth-order valence-electron chi connectivity index (χ4n) is 10.5. The summed E-state index contributed by atoms with van der Waals surface area (Å²) < 4.78 is 0. The first-order valence-corrected chi connectivity index (χ1v) is 18.5. The largest absolute Gasteiger partial charge is 0.309 e. The normalized spacial score (nSPS) is 23.6. The summed E-state index contributed by atoms with van der Waals surface area (Å²) >= 11 is 0. The summed E-state index contributed by atoms with van der Waals surface area (Å²) in [6.07, 6.45) is 6.66. The van der Waals surface area contributed by atoms with Crippen molar-refractivity contribution in [2.45, 2.75) is 51.4 Å². The van der Waals surface area contributed by atoms with E-state index >= 15 is 0 Å².